The van der Waals surface area contributed by atoms with Crippen LogP contribution in [0.4, 0.5) is 0 Å². The van der Waals surface area contributed by atoms with E-state index in [1.165, 1.54) is 0 Å². The first-order chi connectivity index (χ1) is 3.81. The first-order valence-corrected chi connectivity index (χ1v) is 3.01. The number of ether oxygens (including phenoxy) is 1. The second-order valence-electron chi connectivity index (χ2n) is 1.87. The van der Waals surface area contributed by atoms with Crippen LogP contribution in [0.3, 0.4) is 0 Å². The van der Waals surface area contributed by atoms with E-state index in [4.69, 9.17) is 4.74 Å². The molecule has 1 unspecified atom stereocenters. The third kappa shape index (κ3) is 3.88. The Labute approximate surface area is 51.4 Å². The van der Waals surface area contributed by atoms with E-state index in [2.05, 4.69) is 13.5 Å². The highest BCUT2D eigenvalue weighted by Gasteiger charge is 1.91. The summed E-state index contributed by atoms with van der Waals surface area (Å²) in [7, 11) is 0. The second-order valence-corrected chi connectivity index (χ2v) is 1.87. The van der Waals surface area contributed by atoms with Crippen LogP contribution in [0.5, 0.6) is 0 Å². The summed E-state index contributed by atoms with van der Waals surface area (Å²) in [6, 6.07) is 0. The summed E-state index contributed by atoms with van der Waals surface area (Å²) < 4.78 is 5.11. The predicted octanol–water partition coefficient (Wildman–Crippen LogP) is 1.84. The van der Waals surface area contributed by atoms with Crippen molar-refractivity contribution in [3.8, 4) is 0 Å². The van der Waals surface area contributed by atoms with Crippen LogP contribution in [0.1, 0.15) is 13.8 Å². The maximum Gasteiger partial charge on any atom is 0.0525 e. The minimum Gasteiger partial charge on any atom is -0.381 e. The lowest BCUT2D eigenvalue weighted by molar-refractivity contribution is 0.129. The molecule has 0 aliphatic carbocycles. The SMILES string of the molecule is C=CC(C)COCC. The summed E-state index contributed by atoms with van der Waals surface area (Å²) in [4.78, 5) is 0. The number of hydrogen-bond acceptors (Lipinski definition) is 1. The molecule has 8 heavy (non-hydrogen) atoms. The molecule has 0 heterocycles. The van der Waals surface area contributed by atoms with Crippen LogP contribution in [0, 0.1) is 5.92 Å². The van der Waals surface area contributed by atoms with Crippen molar-refractivity contribution >= 4 is 0 Å². The van der Waals surface area contributed by atoms with E-state index in [1.54, 1.807) is 0 Å². The van der Waals surface area contributed by atoms with Gasteiger partial charge < -0.3 is 4.74 Å². The average Bonchev–Trinajstić information content (AvgIpc) is 1.83. The Morgan fingerprint density at radius 3 is 2.75 bits per heavy atom. The van der Waals surface area contributed by atoms with Crippen molar-refractivity contribution in [2.24, 2.45) is 5.92 Å². The maximum atomic E-state index is 5.11. The molecule has 0 N–H and O–H groups in total. The van der Waals surface area contributed by atoms with Gasteiger partial charge in [0.05, 0.1) is 6.61 Å². The lowest BCUT2D eigenvalue weighted by Crippen LogP contribution is -2.01. The molecule has 0 aromatic rings. The highest BCUT2D eigenvalue weighted by atomic mass is 16.5. The molecule has 0 aromatic carbocycles. The van der Waals surface area contributed by atoms with Gasteiger partial charge in [-0.05, 0) is 12.8 Å². The summed E-state index contributed by atoms with van der Waals surface area (Å²) in [6.07, 6.45) is 1.90. The molecular formula is C7H14O. The molecule has 0 fully saturated rings. The number of rotatable bonds is 4. The molecule has 0 aliphatic heterocycles. The lowest BCUT2D eigenvalue weighted by atomic mass is 10.2. The quantitative estimate of drug-likeness (QED) is 0.507. The summed E-state index contributed by atoms with van der Waals surface area (Å²) in [5, 5.41) is 0. The third-order valence-corrected chi connectivity index (χ3v) is 0.987. The lowest BCUT2D eigenvalue weighted by Gasteiger charge is -2.03. The fourth-order valence-corrected chi connectivity index (χ4v) is 0.372. The molecule has 0 amide bonds. The summed E-state index contributed by atoms with van der Waals surface area (Å²) >= 11 is 0. The van der Waals surface area contributed by atoms with Gasteiger partial charge in [-0.25, -0.2) is 0 Å². The summed E-state index contributed by atoms with van der Waals surface area (Å²) in [5.41, 5.74) is 0. The molecule has 0 bridgehead atoms. The highest BCUT2D eigenvalue weighted by molar-refractivity contribution is 4.73. The smallest absolute Gasteiger partial charge is 0.0525 e. The molecule has 0 aromatic heterocycles. The maximum absolute atomic E-state index is 5.11. The summed E-state index contributed by atoms with van der Waals surface area (Å²) in [5.74, 6) is 0.495. The van der Waals surface area contributed by atoms with Gasteiger partial charge in [0, 0.05) is 6.61 Å². The molecule has 0 radical (unpaired) electrons. The van der Waals surface area contributed by atoms with Crippen LogP contribution >= 0.6 is 0 Å². The van der Waals surface area contributed by atoms with Crippen molar-refractivity contribution in [2.75, 3.05) is 13.2 Å². The zero-order chi connectivity index (χ0) is 6.41. The Balaban J connectivity index is 2.98. The van der Waals surface area contributed by atoms with E-state index in [0.29, 0.717) is 5.92 Å². The first-order valence-electron chi connectivity index (χ1n) is 3.01. The van der Waals surface area contributed by atoms with Crippen LogP contribution < -0.4 is 0 Å². The molecule has 0 rings (SSSR count). The van der Waals surface area contributed by atoms with Gasteiger partial charge in [-0.3, -0.25) is 0 Å². The Morgan fingerprint density at radius 1 is 1.75 bits per heavy atom. The molecular weight excluding hydrogens is 100 g/mol. The Hall–Kier alpha value is -0.300. The molecule has 1 heteroatoms. The predicted molar refractivity (Wildman–Crippen MR) is 35.9 cm³/mol. The van der Waals surface area contributed by atoms with Crippen molar-refractivity contribution < 1.29 is 4.74 Å². The third-order valence-electron chi connectivity index (χ3n) is 0.987. The van der Waals surface area contributed by atoms with Crippen LogP contribution in [-0.4, -0.2) is 13.2 Å². The average molecular weight is 114 g/mol. The monoisotopic (exact) mass is 114 g/mol. The zero-order valence-corrected chi connectivity index (χ0v) is 5.68. The van der Waals surface area contributed by atoms with E-state index in [9.17, 15) is 0 Å². The van der Waals surface area contributed by atoms with Gasteiger partial charge in [-0.15, -0.1) is 6.58 Å². The number of hydrogen-bond donors (Lipinski definition) is 0. The Bertz CT molecular complexity index is 59.4. The van der Waals surface area contributed by atoms with Gasteiger partial charge >= 0.3 is 0 Å². The van der Waals surface area contributed by atoms with Crippen molar-refractivity contribution in [2.45, 2.75) is 13.8 Å². The van der Waals surface area contributed by atoms with Crippen molar-refractivity contribution in [3.05, 3.63) is 12.7 Å². The van der Waals surface area contributed by atoms with Gasteiger partial charge in [0.15, 0.2) is 0 Å². The summed E-state index contributed by atoms with van der Waals surface area (Å²) in [6.45, 7) is 9.32. The van der Waals surface area contributed by atoms with E-state index < -0.39 is 0 Å². The molecule has 0 aliphatic rings. The fourth-order valence-electron chi connectivity index (χ4n) is 0.372. The minimum atomic E-state index is 0.495. The molecule has 1 atom stereocenters. The van der Waals surface area contributed by atoms with Crippen LogP contribution in [-0.2, 0) is 4.74 Å². The van der Waals surface area contributed by atoms with Crippen LogP contribution in [0.25, 0.3) is 0 Å². The van der Waals surface area contributed by atoms with Crippen LogP contribution in [0.15, 0.2) is 12.7 Å². The zero-order valence-electron chi connectivity index (χ0n) is 5.68. The molecule has 48 valence electrons. The highest BCUT2D eigenvalue weighted by Crippen LogP contribution is 1.94. The van der Waals surface area contributed by atoms with Gasteiger partial charge in [0.1, 0.15) is 0 Å². The van der Waals surface area contributed by atoms with Gasteiger partial charge in [-0.1, -0.05) is 13.0 Å². The fraction of sp³-hybridized carbons (Fsp3) is 0.714. The van der Waals surface area contributed by atoms with Gasteiger partial charge in [0.2, 0.25) is 0 Å². The Morgan fingerprint density at radius 2 is 2.38 bits per heavy atom. The van der Waals surface area contributed by atoms with Gasteiger partial charge in [0.25, 0.3) is 0 Å². The van der Waals surface area contributed by atoms with E-state index in [1.807, 2.05) is 13.0 Å². The van der Waals surface area contributed by atoms with E-state index >= 15 is 0 Å². The molecule has 0 saturated carbocycles. The molecule has 0 saturated heterocycles. The second kappa shape index (κ2) is 4.85. The largest absolute Gasteiger partial charge is 0.381 e. The van der Waals surface area contributed by atoms with Crippen molar-refractivity contribution in [3.63, 3.8) is 0 Å². The minimum absolute atomic E-state index is 0.495. The first kappa shape index (κ1) is 7.70. The van der Waals surface area contributed by atoms with Crippen molar-refractivity contribution in [1.82, 2.24) is 0 Å². The standard InChI is InChI=1S/C7H14O/c1-4-7(3)6-8-5-2/h4,7H,1,5-6H2,2-3H3. The topological polar surface area (TPSA) is 9.23 Å². The van der Waals surface area contributed by atoms with E-state index in [0.717, 1.165) is 13.2 Å². The Kier molecular flexibility index (Phi) is 4.67. The normalized spacial score (nSPS) is 13.2. The van der Waals surface area contributed by atoms with E-state index in [-0.39, 0.29) is 0 Å². The van der Waals surface area contributed by atoms with Crippen molar-refractivity contribution in [1.29, 1.82) is 0 Å². The van der Waals surface area contributed by atoms with Crippen LogP contribution in [0.2, 0.25) is 0 Å². The molecule has 1 nitrogen and oxygen atoms in total. The molecule has 0 spiro atoms. The van der Waals surface area contributed by atoms with Gasteiger partial charge in [-0.2, -0.15) is 0 Å².